The average Bonchev–Trinajstić information content (AvgIpc) is 2.74. The van der Waals surface area contributed by atoms with Crippen molar-refractivity contribution in [2.45, 2.75) is 71.8 Å². The SMILES string of the molecule is CCCCN(CCCC)CC(O)c1cc(C(C)(C)C)nc2c1cc(Cl)c1ccccc12. The molecule has 0 aliphatic heterocycles. The van der Waals surface area contributed by atoms with E-state index in [4.69, 9.17) is 16.6 Å². The maximum absolute atomic E-state index is 11.4. The van der Waals surface area contributed by atoms with E-state index in [1.54, 1.807) is 0 Å². The molecule has 1 heterocycles. The smallest absolute Gasteiger partial charge is 0.0924 e. The number of benzene rings is 2. The number of rotatable bonds is 9. The predicted molar refractivity (Wildman–Crippen MR) is 134 cm³/mol. The Balaban J connectivity index is 2.13. The Labute approximate surface area is 192 Å². The van der Waals surface area contributed by atoms with Crippen LogP contribution in [0.2, 0.25) is 5.02 Å². The van der Waals surface area contributed by atoms with Gasteiger partial charge in [-0.25, -0.2) is 0 Å². The average molecular weight is 441 g/mol. The summed E-state index contributed by atoms with van der Waals surface area (Å²) < 4.78 is 0. The van der Waals surface area contributed by atoms with E-state index in [9.17, 15) is 5.11 Å². The van der Waals surface area contributed by atoms with Crippen LogP contribution in [0.25, 0.3) is 21.7 Å². The summed E-state index contributed by atoms with van der Waals surface area (Å²) in [4.78, 5) is 7.46. The van der Waals surface area contributed by atoms with Gasteiger partial charge in [0.2, 0.25) is 0 Å². The van der Waals surface area contributed by atoms with Gasteiger partial charge in [0.1, 0.15) is 0 Å². The number of halogens is 1. The summed E-state index contributed by atoms with van der Waals surface area (Å²) in [7, 11) is 0. The molecule has 0 saturated carbocycles. The molecule has 3 rings (SSSR count). The fraction of sp³-hybridized carbons (Fsp3) is 0.519. The van der Waals surface area contributed by atoms with Crippen molar-refractivity contribution in [3.05, 3.63) is 52.7 Å². The zero-order chi connectivity index (χ0) is 22.6. The molecule has 1 N–H and O–H groups in total. The Bertz CT molecular complexity index is 1020. The number of hydrogen-bond donors (Lipinski definition) is 1. The first-order valence-corrected chi connectivity index (χ1v) is 12.1. The summed E-state index contributed by atoms with van der Waals surface area (Å²) in [5, 5.41) is 15.1. The van der Waals surface area contributed by atoms with Crippen LogP contribution < -0.4 is 0 Å². The zero-order valence-corrected chi connectivity index (χ0v) is 20.5. The van der Waals surface area contributed by atoms with E-state index in [1.807, 2.05) is 24.3 Å². The molecule has 1 unspecified atom stereocenters. The largest absolute Gasteiger partial charge is 0.387 e. The van der Waals surface area contributed by atoms with Crippen molar-refractivity contribution in [2.24, 2.45) is 0 Å². The Morgan fingerprint density at radius 3 is 2.16 bits per heavy atom. The van der Waals surface area contributed by atoms with E-state index < -0.39 is 6.10 Å². The maximum Gasteiger partial charge on any atom is 0.0924 e. The molecule has 3 nitrogen and oxygen atoms in total. The summed E-state index contributed by atoms with van der Waals surface area (Å²) >= 11 is 6.67. The normalized spacial score (nSPS) is 13.4. The van der Waals surface area contributed by atoms with E-state index in [1.165, 1.54) is 0 Å². The molecule has 4 heteroatoms. The van der Waals surface area contributed by atoms with Crippen LogP contribution in [-0.2, 0) is 5.41 Å². The summed E-state index contributed by atoms with van der Waals surface area (Å²) in [5.41, 5.74) is 2.74. The van der Waals surface area contributed by atoms with Gasteiger partial charge in [0.05, 0.1) is 11.6 Å². The number of aromatic nitrogens is 1. The minimum absolute atomic E-state index is 0.118. The number of nitrogens with zero attached hydrogens (tertiary/aromatic N) is 2. The third kappa shape index (κ3) is 5.58. The van der Waals surface area contributed by atoms with Gasteiger partial charge < -0.3 is 10.0 Å². The van der Waals surface area contributed by atoms with Gasteiger partial charge in [0.25, 0.3) is 0 Å². The number of aliphatic hydroxyl groups is 1. The highest BCUT2D eigenvalue weighted by atomic mass is 35.5. The van der Waals surface area contributed by atoms with Gasteiger partial charge in [0, 0.05) is 38.8 Å². The molecular weight excluding hydrogens is 404 g/mol. The van der Waals surface area contributed by atoms with Gasteiger partial charge in [-0.3, -0.25) is 4.98 Å². The lowest BCUT2D eigenvalue weighted by Gasteiger charge is -2.27. The van der Waals surface area contributed by atoms with Crippen molar-refractivity contribution in [1.82, 2.24) is 9.88 Å². The maximum atomic E-state index is 11.4. The molecule has 0 spiro atoms. The molecule has 168 valence electrons. The van der Waals surface area contributed by atoms with Gasteiger partial charge in [-0.2, -0.15) is 0 Å². The van der Waals surface area contributed by atoms with Crippen LogP contribution in [0.1, 0.15) is 77.7 Å². The Morgan fingerprint density at radius 2 is 1.58 bits per heavy atom. The highest BCUT2D eigenvalue weighted by Crippen LogP contribution is 2.36. The second-order valence-corrected chi connectivity index (χ2v) is 10.1. The van der Waals surface area contributed by atoms with Crippen molar-refractivity contribution >= 4 is 33.3 Å². The molecule has 0 aliphatic rings. The Morgan fingerprint density at radius 1 is 0.968 bits per heavy atom. The second-order valence-electron chi connectivity index (χ2n) is 9.67. The lowest BCUT2D eigenvalue weighted by atomic mass is 9.88. The number of unbranched alkanes of at least 4 members (excludes halogenated alkanes) is 2. The molecule has 0 aliphatic carbocycles. The van der Waals surface area contributed by atoms with Crippen LogP contribution in [0.3, 0.4) is 0 Å². The number of hydrogen-bond acceptors (Lipinski definition) is 3. The van der Waals surface area contributed by atoms with Gasteiger partial charge >= 0.3 is 0 Å². The molecule has 1 aromatic heterocycles. The Hall–Kier alpha value is -1.68. The van der Waals surface area contributed by atoms with Gasteiger partial charge in [0.15, 0.2) is 0 Å². The van der Waals surface area contributed by atoms with Crippen LogP contribution in [0, 0.1) is 0 Å². The van der Waals surface area contributed by atoms with Crippen LogP contribution in [-0.4, -0.2) is 34.6 Å². The first-order valence-electron chi connectivity index (χ1n) is 11.7. The van der Waals surface area contributed by atoms with Gasteiger partial charge in [-0.05, 0) is 43.6 Å². The first kappa shape index (κ1) is 24.0. The zero-order valence-electron chi connectivity index (χ0n) is 19.7. The topological polar surface area (TPSA) is 36.4 Å². The molecule has 0 fully saturated rings. The first-order chi connectivity index (χ1) is 14.8. The third-order valence-electron chi connectivity index (χ3n) is 6.02. The highest BCUT2D eigenvalue weighted by molar-refractivity contribution is 6.37. The third-order valence-corrected chi connectivity index (χ3v) is 6.33. The fourth-order valence-electron chi connectivity index (χ4n) is 4.09. The van der Waals surface area contributed by atoms with Gasteiger partial charge in [-0.1, -0.05) is 83.3 Å². The molecule has 0 amide bonds. The molecule has 1 atom stereocenters. The number of pyridine rings is 1. The minimum atomic E-state index is -0.586. The molecule has 31 heavy (non-hydrogen) atoms. The number of fused-ring (bicyclic) bond motifs is 3. The van der Waals surface area contributed by atoms with Crippen molar-refractivity contribution < 1.29 is 5.11 Å². The number of aliphatic hydroxyl groups excluding tert-OH is 1. The van der Waals surface area contributed by atoms with E-state index in [-0.39, 0.29) is 5.41 Å². The highest BCUT2D eigenvalue weighted by Gasteiger charge is 2.23. The van der Waals surface area contributed by atoms with E-state index in [0.29, 0.717) is 11.6 Å². The second kappa shape index (κ2) is 10.3. The standard InChI is InChI=1S/C27H37ClN2O/c1-6-8-14-30(15-9-7-2)18-24(31)21-17-25(27(3,4)5)29-26-20-13-11-10-12-19(20)23(28)16-22(21)26/h10-13,16-17,24,31H,6-9,14-15,18H2,1-5H3. The molecule has 3 aromatic rings. The van der Waals surface area contributed by atoms with Crippen molar-refractivity contribution in [3.8, 4) is 0 Å². The van der Waals surface area contributed by atoms with Crippen LogP contribution >= 0.6 is 11.6 Å². The van der Waals surface area contributed by atoms with Crippen LogP contribution in [0.15, 0.2) is 36.4 Å². The molecular formula is C27H37ClN2O. The lowest BCUT2D eigenvalue weighted by Crippen LogP contribution is -2.31. The summed E-state index contributed by atoms with van der Waals surface area (Å²) in [6.07, 6.45) is 4.03. The molecule has 0 bridgehead atoms. The fourth-order valence-corrected chi connectivity index (χ4v) is 4.37. The molecule has 0 radical (unpaired) electrons. The summed E-state index contributed by atoms with van der Waals surface area (Å²) in [5.74, 6) is 0. The minimum Gasteiger partial charge on any atom is -0.387 e. The van der Waals surface area contributed by atoms with Crippen molar-refractivity contribution in [2.75, 3.05) is 19.6 Å². The van der Waals surface area contributed by atoms with Crippen LogP contribution in [0.5, 0.6) is 0 Å². The van der Waals surface area contributed by atoms with Crippen LogP contribution in [0.4, 0.5) is 0 Å². The van der Waals surface area contributed by atoms with Gasteiger partial charge in [-0.15, -0.1) is 0 Å². The summed E-state index contributed by atoms with van der Waals surface area (Å²) in [6, 6.07) is 12.2. The monoisotopic (exact) mass is 440 g/mol. The van der Waals surface area contributed by atoms with Crippen molar-refractivity contribution in [3.63, 3.8) is 0 Å². The lowest BCUT2D eigenvalue weighted by molar-refractivity contribution is 0.112. The van der Waals surface area contributed by atoms with Crippen molar-refractivity contribution in [1.29, 1.82) is 0 Å². The Kier molecular flexibility index (Phi) is 7.96. The quantitative estimate of drug-likeness (QED) is 0.355. The van der Waals surface area contributed by atoms with E-state index in [0.717, 1.165) is 71.7 Å². The molecule has 0 saturated heterocycles. The van der Waals surface area contributed by atoms with E-state index in [2.05, 4.69) is 51.7 Å². The van der Waals surface area contributed by atoms with E-state index >= 15 is 0 Å². The molecule has 2 aromatic carbocycles. The summed E-state index contributed by atoms with van der Waals surface area (Å²) in [6.45, 7) is 13.6. The predicted octanol–water partition coefficient (Wildman–Crippen LogP) is 7.27.